The second kappa shape index (κ2) is 12.4. The molecule has 7 aromatic rings. The average Bonchev–Trinajstić information content (AvgIpc) is 3.56. The smallest absolute Gasteiger partial charge is 0.0934 e. The van der Waals surface area contributed by atoms with Crippen molar-refractivity contribution in [3.63, 3.8) is 0 Å². The molecule has 1 heterocycles. The van der Waals surface area contributed by atoms with Gasteiger partial charge in [0.05, 0.1) is 17.1 Å². The van der Waals surface area contributed by atoms with Gasteiger partial charge in [0.15, 0.2) is 0 Å². The first kappa shape index (κ1) is 29.1. The van der Waals surface area contributed by atoms with Crippen LogP contribution >= 0.6 is 0 Å². The highest BCUT2D eigenvalue weighted by Gasteiger charge is 2.17. The summed E-state index contributed by atoms with van der Waals surface area (Å²) in [5, 5.41) is 5.19. The lowest BCUT2D eigenvalue weighted by atomic mass is 9.86. The summed E-state index contributed by atoms with van der Waals surface area (Å²) in [4.78, 5) is 2.28. The van der Waals surface area contributed by atoms with Crippen molar-refractivity contribution < 1.29 is 0 Å². The normalized spacial score (nSPS) is 11.4. The topological polar surface area (TPSA) is 21.1 Å². The van der Waals surface area contributed by atoms with E-state index in [1.807, 2.05) is 0 Å². The molecule has 0 amide bonds. The molecule has 0 spiro atoms. The number of nitrogens with zero attached hydrogens (tertiary/aromatic N) is 3. The quantitative estimate of drug-likeness (QED) is 0.183. The zero-order chi connectivity index (χ0) is 31.5. The van der Waals surface area contributed by atoms with Crippen LogP contribution in [0.25, 0.3) is 39.3 Å². The van der Waals surface area contributed by atoms with Crippen molar-refractivity contribution in [3.8, 4) is 39.3 Å². The summed E-state index contributed by atoms with van der Waals surface area (Å²) in [6.07, 6.45) is 0. The summed E-state index contributed by atoms with van der Waals surface area (Å²) in [6, 6.07) is 60.0. The van der Waals surface area contributed by atoms with Crippen LogP contribution in [0.3, 0.4) is 0 Å². The Labute approximate surface area is 272 Å². The molecule has 0 radical (unpaired) electrons. The van der Waals surface area contributed by atoms with Gasteiger partial charge in [0, 0.05) is 28.2 Å². The molecule has 0 saturated carbocycles. The van der Waals surface area contributed by atoms with E-state index in [0.29, 0.717) is 0 Å². The molecule has 0 unspecified atom stereocenters. The summed E-state index contributed by atoms with van der Waals surface area (Å²) in [7, 11) is 0. The largest absolute Gasteiger partial charge is 0.311 e. The number of aromatic nitrogens is 2. The summed E-state index contributed by atoms with van der Waals surface area (Å²) >= 11 is 0. The van der Waals surface area contributed by atoms with E-state index in [1.54, 1.807) is 0 Å². The van der Waals surface area contributed by atoms with Gasteiger partial charge in [-0.25, -0.2) is 4.68 Å². The maximum absolute atomic E-state index is 5.19. The highest BCUT2D eigenvalue weighted by Crippen LogP contribution is 2.36. The van der Waals surface area contributed by atoms with Crippen LogP contribution < -0.4 is 4.90 Å². The van der Waals surface area contributed by atoms with Gasteiger partial charge in [0.2, 0.25) is 0 Å². The molecule has 1 aromatic heterocycles. The molecular weight excluding hydrogens is 558 g/mol. The molecular formula is C43H37N3. The van der Waals surface area contributed by atoms with Gasteiger partial charge < -0.3 is 4.90 Å². The van der Waals surface area contributed by atoms with E-state index in [9.17, 15) is 0 Å². The molecule has 6 aromatic carbocycles. The van der Waals surface area contributed by atoms with E-state index in [4.69, 9.17) is 5.10 Å². The molecule has 3 heteroatoms. The Balaban J connectivity index is 1.30. The van der Waals surface area contributed by atoms with Gasteiger partial charge in [0.25, 0.3) is 0 Å². The van der Waals surface area contributed by atoms with Crippen LogP contribution in [0.1, 0.15) is 26.3 Å². The Morgan fingerprint density at radius 3 is 1.46 bits per heavy atom. The van der Waals surface area contributed by atoms with Crippen molar-refractivity contribution in [1.29, 1.82) is 0 Å². The van der Waals surface area contributed by atoms with Gasteiger partial charge in [-0.3, -0.25) is 0 Å². The molecule has 0 atom stereocenters. The van der Waals surface area contributed by atoms with Crippen molar-refractivity contribution in [3.05, 3.63) is 175 Å². The fraction of sp³-hybridized carbons (Fsp3) is 0.0930. The first-order chi connectivity index (χ1) is 22.4. The van der Waals surface area contributed by atoms with Crippen molar-refractivity contribution in [2.45, 2.75) is 26.2 Å². The highest BCUT2D eigenvalue weighted by atomic mass is 15.3. The standard InChI is InChI=1S/C43H37N3/c1-43(2,3)36-25-23-34(24-26-36)41-31-42(35-21-19-33(20-22-35)32-13-7-4-8-14-32)46(44-41)40-29-27-39(28-30-40)45(37-15-9-5-10-16-37)38-17-11-6-12-18-38/h4-31H,1-3H3. The second-order valence-corrected chi connectivity index (χ2v) is 12.6. The Hall–Kier alpha value is -5.67. The van der Waals surface area contributed by atoms with Gasteiger partial charge in [-0.05, 0) is 76.7 Å². The van der Waals surface area contributed by atoms with E-state index in [1.165, 1.54) is 16.7 Å². The molecule has 0 N–H and O–H groups in total. The number of rotatable bonds is 7. The lowest BCUT2D eigenvalue weighted by Crippen LogP contribution is -2.10. The highest BCUT2D eigenvalue weighted by molar-refractivity contribution is 5.78. The minimum absolute atomic E-state index is 0.0959. The number of anilines is 3. The minimum Gasteiger partial charge on any atom is -0.311 e. The zero-order valence-electron chi connectivity index (χ0n) is 26.5. The van der Waals surface area contributed by atoms with Gasteiger partial charge in [0.1, 0.15) is 0 Å². The lowest BCUT2D eigenvalue weighted by molar-refractivity contribution is 0.590. The van der Waals surface area contributed by atoms with Crippen LogP contribution in [0.5, 0.6) is 0 Å². The maximum atomic E-state index is 5.19. The van der Waals surface area contributed by atoms with Crippen molar-refractivity contribution >= 4 is 17.1 Å². The SMILES string of the molecule is CC(C)(C)c1ccc(-c2cc(-c3ccc(-c4ccccc4)cc3)n(-c3ccc(N(c4ccccc4)c4ccccc4)cc3)n2)cc1. The van der Waals surface area contributed by atoms with Gasteiger partial charge in [-0.1, -0.05) is 136 Å². The van der Waals surface area contributed by atoms with Crippen molar-refractivity contribution in [2.24, 2.45) is 0 Å². The summed E-state index contributed by atoms with van der Waals surface area (Å²) < 4.78 is 2.07. The van der Waals surface area contributed by atoms with Crippen molar-refractivity contribution in [1.82, 2.24) is 9.78 Å². The maximum Gasteiger partial charge on any atom is 0.0934 e. The van der Waals surface area contributed by atoms with Crippen LogP contribution in [0.2, 0.25) is 0 Å². The predicted molar refractivity (Wildman–Crippen MR) is 193 cm³/mol. The second-order valence-electron chi connectivity index (χ2n) is 12.6. The Morgan fingerprint density at radius 2 is 0.913 bits per heavy atom. The zero-order valence-corrected chi connectivity index (χ0v) is 26.5. The number of hydrogen-bond acceptors (Lipinski definition) is 2. The molecule has 46 heavy (non-hydrogen) atoms. The van der Waals surface area contributed by atoms with E-state index in [0.717, 1.165) is 45.3 Å². The Morgan fingerprint density at radius 1 is 0.457 bits per heavy atom. The van der Waals surface area contributed by atoms with E-state index in [2.05, 4.69) is 200 Å². The van der Waals surface area contributed by atoms with Crippen LogP contribution in [-0.4, -0.2) is 9.78 Å². The molecule has 3 nitrogen and oxygen atoms in total. The van der Waals surface area contributed by atoms with Crippen LogP contribution in [0, 0.1) is 0 Å². The molecule has 0 bridgehead atoms. The first-order valence-electron chi connectivity index (χ1n) is 15.8. The monoisotopic (exact) mass is 595 g/mol. The Kier molecular flexibility index (Phi) is 7.82. The van der Waals surface area contributed by atoms with Gasteiger partial charge >= 0.3 is 0 Å². The fourth-order valence-electron chi connectivity index (χ4n) is 5.87. The third kappa shape index (κ3) is 6.00. The molecule has 0 fully saturated rings. The number of para-hydroxylation sites is 2. The minimum atomic E-state index is 0.0959. The van der Waals surface area contributed by atoms with Crippen LogP contribution in [-0.2, 0) is 5.41 Å². The van der Waals surface area contributed by atoms with Gasteiger partial charge in [-0.2, -0.15) is 5.10 Å². The Bertz CT molecular complexity index is 1980. The average molecular weight is 596 g/mol. The molecule has 7 rings (SSSR count). The first-order valence-corrected chi connectivity index (χ1v) is 15.8. The van der Waals surface area contributed by atoms with Crippen LogP contribution in [0.15, 0.2) is 170 Å². The third-order valence-corrected chi connectivity index (χ3v) is 8.43. The third-order valence-electron chi connectivity index (χ3n) is 8.43. The van der Waals surface area contributed by atoms with E-state index in [-0.39, 0.29) is 5.41 Å². The molecule has 0 aliphatic rings. The molecule has 0 aliphatic heterocycles. The number of hydrogen-bond donors (Lipinski definition) is 0. The fourth-order valence-corrected chi connectivity index (χ4v) is 5.87. The lowest BCUT2D eigenvalue weighted by Gasteiger charge is -2.25. The summed E-state index contributed by atoms with van der Waals surface area (Å²) in [5.74, 6) is 0. The molecule has 0 aliphatic carbocycles. The molecule has 0 saturated heterocycles. The van der Waals surface area contributed by atoms with Crippen molar-refractivity contribution in [2.75, 3.05) is 4.90 Å². The summed E-state index contributed by atoms with van der Waals surface area (Å²) in [6.45, 7) is 6.73. The van der Waals surface area contributed by atoms with Crippen LogP contribution in [0.4, 0.5) is 17.1 Å². The number of benzene rings is 6. The molecule has 224 valence electrons. The van der Waals surface area contributed by atoms with E-state index >= 15 is 0 Å². The predicted octanol–water partition coefficient (Wildman–Crippen LogP) is 11.6. The van der Waals surface area contributed by atoms with Gasteiger partial charge in [-0.15, -0.1) is 0 Å². The summed E-state index contributed by atoms with van der Waals surface area (Å²) in [5.41, 5.74) is 12.3. The van der Waals surface area contributed by atoms with E-state index < -0.39 is 0 Å².